The number of benzene rings is 3. The van der Waals surface area contributed by atoms with Crippen LogP contribution in [0.1, 0.15) is 58.2 Å². The van der Waals surface area contributed by atoms with Gasteiger partial charge in [0.25, 0.3) is 0 Å². The summed E-state index contributed by atoms with van der Waals surface area (Å²) in [7, 11) is 1.38. The molecule has 0 fully saturated rings. The van der Waals surface area contributed by atoms with E-state index in [9.17, 15) is 9.18 Å². The molecule has 0 amide bonds. The summed E-state index contributed by atoms with van der Waals surface area (Å²) >= 11 is 0. The topological polar surface area (TPSA) is 68.6 Å². The van der Waals surface area contributed by atoms with Crippen LogP contribution in [0.2, 0.25) is 0 Å². The van der Waals surface area contributed by atoms with Crippen LogP contribution in [0, 0.1) is 17.1 Å². The van der Waals surface area contributed by atoms with E-state index in [1.807, 2.05) is 36.4 Å². The summed E-state index contributed by atoms with van der Waals surface area (Å²) in [6, 6.07) is 18.6. The Balaban J connectivity index is 1.35. The highest BCUT2D eigenvalue weighted by Gasteiger charge is 2.31. The van der Waals surface area contributed by atoms with Crippen LogP contribution in [0.25, 0.3) is 0 Å². The number of hydrogen-bond acceptors (Lipinski definition) is 5. The summed E-state index contributed by atoms with van der Waals surface area (Å²) in [5.41, 5.74) is 5.36. The number of esters is 1. The fraction of sp³-hybridized carbons (Fsp3) is 0.286. The van der Waals surface area contributed by atoms with Gasteiger partial charge in [-0.25, -0.2) is 4.39 Å². The molecule has 0 saturated heterocycles. The predicted molar refractivity (Wildman–Crippen MR) is 123 cm³/mol. The Hall–Kier alpha value is -3.85. The molecule has 172 valence electrons. The highest BCUT2D eigenvalue weighted by Crippen LogP contribution is 2.42. The standard InChI is InChI=1S/C28H24FNO4/c1-32-27(31)13-20-16-33-26-14-21(7-8-22(20)26)34-25-11-9-23-19(6-10-24(29)28(23)25)12-17-2-4-18(15-30)5-3-17/h2-8,10,14,20,25H,9,11-13,16H2,1H3. The van der Waals surface area contributed by atoms with Crippen molar-refractivity contribution in [2.24, 2.45) is 0 Å². The van der Waals surface area contributed by atoms with Crippen molar-refractivity contribution in [2.75, 3.05) is 13.7 Å². The Morgan fingerprint density at radius 2 is 2.00 bits per heavy atom. The van der Waals surface area contributed by atoms with Gasteiger partial charge in [-0.15, -0.1) is 0 Å². The van der Waals surface area contributed by atoms with Crippen LogP contribution in [0.15, 0.2) is 54.6 Å². The summed E-state index contributed by atoms with van der Waals surface area (Å²) < 4.78 is 31.7. The average molecular weight is 458 g/mol. The van der Waals surface area contributed by atoms with Gasteiger partial charge in [-0.2, -0.15) is 5.26 Å². The number of ether oxygens (including phenoxy) is 3. The van der Waals surface area contributed by atoms with E-state index in [4.69, 9.17) is 19.5 Å². The number of rotatable bonds is 6. The maximum atomic E-state index is 14.9. The largest absolute Gasteiger partial charge is 0.492 e. The van der Waals surface area contributed by atoms with Crippen LogP contribution in [0.4, 0.5) is 4.39 Å². The monoisotopic (exact) mass is 457 g/mol. The molecule has 0 N–H and O–H groups in total. The van der Waals surface area contributed by atoms with E-state index >= 15 is 0 Å². The summed E-state index contributed by atoms with van der Waals surface area (Å²) in [4.78, 5) is 11.6. The summed E-state index contributed by atoms with van der Waals surface area (Å²) in [6.45, 7) is 0.424. The van der Waals surface area contributed by atoms with E-state index in [0.29, 0.717) is 42.1 Å². The first kappa shape index (κ1) is 22.0. The molecule has 2 atom stereocenters. The minimum Gasteiger partial charge on any atom is -0.492 e. The van der Waals surface area contributed by atoms with Crippen LogP contribution >= 0.6 is 0 Å². The minimum absolute atomic E-state index is 0.0362. The number of carbonyl (C=O) groups excluding carboxylic acids is 1. The predicted octanol–water partition coefficient (Wildman–Crippen LogP) is 5.39. The van der Waals surface area contributed by atoms with E-state index in [0.717, 1.165) is 28.7 Å². The van der Waals surface area contributed by atoms with Crippen LogP contribution in [-0.4, -0.2) is 19.7 Å². The lowest BCUT2D eigenvalue weighted by Gasteiger charge is -2.17. The maximum absolute atomic E-state index is 14.9. The van der Waals surface area contributed by atoms with Crippen LogP contribution in [0.5, 0.6) is 11.5 Å². The van der Waals surface area contributed by atoms with Crippen LogP contribution < -0.4 is 9.47 Å². The van der Waals surface area contributed by atoms with E-state index in [2.05, 4.69) is 6.07 Å². The highest BCUT2D eigenvalue weighted by atomic mass is 19.1. The van der Waals surface area contributed by atoms with Crippen molar-refractivity contribution in [3.8, 4) is 17.6 Å². The smallest absolute Gasteiger partial charge is 0.306 e. The van der Waals surface area contributed by atoms with Crippen molar-refractivity contribution in [1.29, 1.82) is 5.26 Å². The second-order valence-corrected chi connectivity index (χ2v) is 8.72. The van der Waals surface area contributed by atoms with Crippen molar-refractivity contribution in [3.63, 3.8) is 0 Å². The average Bonchev–Trinajstić information content (AvgIpc) is 3.46. The molecule has 1 aliphatic carbocycles. The third kappa shape index (κ3) is 4.22. The van der Waals surface area contributed by atoms with Crippen molar-refractivity contribution >= 4 is 5.97 Å². The lowest BCUT2D eigenvalue weighted by Crippen LogP contribution is -2.09. The molecule has 2 unspecified atom stereocenters. The molecule has 3 aromatic rings. The zero-order valence-electron chi connectivity index (χ0n) is 18.8. The molecule has 2 aliphatic rings. The molecule has 5 nitrogen and oxygen atoms in total. The van der Waals surface area contributed by atoms with Gasteiger partial charge in [0.2, 0.25) is 0 Å². The Morgan fingerprint density at radius 3 is 2.76 bits per heavy atom. The van der Waals surface area contributed by atoms with E-state index < -0.39 is 0 Å². The highest BCUT2D eigenvalue weighted by molar-refractivity contribution is 5.71. The zero-order chi connectivity index (χ0) is 23.7. The first-order valence-corrected chi connectivity index (χ1v) is 11.3. The summed E-state index contributed by atoms with van der Waals surface area (Å²) in [5.74, 6) is 0.756. The lowest BCUT2D eigenvalue weighted by atomic mass is 9.96. The van der Waals surface area contributed by atoms with E-state index in [1.165, 1.54) is 13.2 Å². The summed E-state index contributed by atoms with van der Waals surface area (Å²) in [5, 5.41) is 9.00. The molecular weight excluding hydrogens is 433 g/mol. The van der Waals surface area contributed by atoms with Crippen molar-refractivity contribution < 1.29 is 23.4 Å². The second-order valence-electron chi connectivity index (χ2n) is 8.72. The Morgan fingerprint density at radius 1 is 1.18 bits per heavy atom. The zero-order valence-corrected chi connectivity index (χ0v) is 18.8. The lowest BCUT2D eigenvalue weighted by molar-refractivity contribution is -0.141. The molecular formula is C28H24FNO4. The van der Waals surface area contributed by atoms with E-state index in [-0.39, 0.29) is 30.2 Å². The maximum Gasteiger partial charge on any atom is 0.306 e. The van der Waals surface area contributed by atoms with Gasteiger partial charge in [-0.05, 0) is 60.2 Å². The number of methoxy groups -OCH3 is 1. The molecule has 5 rings (SSSR count). The van der Waals surface area contributed by atoms with Gasteiger partial charge in [0, 0.05) is 23.1 Å². The van der Waals surface area contributed by atoms with Crippen LogP contribution in [0.3, 0.4) is 0 Å². The molecule has 0 bridgehead atoms. The van der Waals surface area contributed by atoms with Crippen molar-refractivity contribution in [3.05, 3.63) is 93.8 Å². The third-order valence-corrected chi connectivity index (χ3v) is 6.64. The van der Waals surface area contributed by atoms with Crippen molar-refractivity contribution in [2.45, 2.75) is 37.7 Å². The Kier molecular flexibility index (Phi) is 5.93. The molecule has 3 aromatic carbocycles. The van der Waals surface area contributed by atoms with Crippen LogP contribution in [-0.2, 0) is 22.4 Å². The van der Waals surface area contributed by atoms with Gasteiger partial charge < -0.3 is 14.2 Å². The normalized spacial score (nSPS) is 17.9. The third-order valence-electron chi connectivity index (χ3n) is 6.64. The molecule has 34 heavy (non-hydrogen) atoms. The molecule has 1 aliphatic heterocycles. The quantitative estimate of drug-likeness (QED) is 0.464. The first-order chi connectivity index (χ1) is 16.6. The Labute approximate surface area is 197 Å². The van der Waals surface area contributed by atoms with Gasteiger partial charge >= 0.3 is 5.97 Å². The molecule has 0 radical (unpaired) electrons. The van der Waals surface area contributed by atoms with Crippen molar-refractivity contribution in [1.82, 2.24) is 0 Å². The minimum atomic E-state index is -0.374. The number of hydrogen-bond donors (Lipinski definition) is 0. The van der Waals surface area contributed by atoms with Gasteiger partial charge in [0.15, 0.2) is 0 Å². The molecule has 6 heteroatoms. The number of carbonyl (C=O) groups is 1. The fourth-order valence-electron chi connectivity index (χ4n) is 4.89. The van der Waals surface area contributed by atoms with Gasteiger partial charge in [-0.1, -0.05) is 24.3 Å². The van der Waals surface area contributed by atoms with Gasteiger partial charge in [0.05, 0.1) is 31.8 Å². The van der Waals surface area contributed by atoms with E-state index in [1.54, 1.807) is 12.1 Å². The number of nitriles is 1. The van der Waals surface area contributed by atoms with Gasteiger partial charge in [-0.3, -0.25) is 4.79 Å². The molecule has 1 heterocycles. The van der Waals surface area contributed by atoms with Gasteiger partial charge in [0.1, 0.15) is 23.4 Å². The number of halogens is 1. The number of nitrogens with zero attached hydrogens (tertiary/aromatic N) is 1. The molecule has 0 spiro atoms. The molecule has 0 aromatic heterocycles. The Bertz CT molecular complexity index is 1280. The summed E-state index contributed by atoms with van der Waals surface area (Å²) in [6.07, 6.45) is 2.01. The first-order valence-electron chi connectivity index (χ1n) is 11.3. The number of fused-ring (bicyclic) bond motifs is 2. The fourth-order valence-corrected chi connectivity index (χ4v) is 4.89. The second kappa shape index (κ2) is 9.18. The molecule has 0 saturated carbocycles. The SMILES string of the molecule is COC(=O)CC1COc2cc(OC3CCc4c(Cc5ccc(C#N)cc5)ccc(F)c43)ccc21.